The first-order valence-electron chi connectivity index (χ1n) is 19.6. The number of pyridine rings is 1. The van der Waals surface area contributed by atoms with Crippen LogP contribution in [0.1, 0.15) is 23.2 Å². The fourth-order valence-corrected chi connectivity index (χ4v) is 8.47. The summed E-state index contributed by atoms with van der Waals surface area (Å²) in [6, 6.07) is 20.6. The van der Waals surface area contributed by atoms with Crippen LogP contribution in [0.15, 0.2) is 91.3 Å². The molecule has 312 valence electrons. The van der Waals surface area contributed by atoms with Gasteiger partial charge in [0.15, 0.2) is 11.5 Å². The molecule has 2 aliphatic heterocycles. The third-order valence-electron chi connectivity index (χ3n) is 11.1. The number of piperazine rings is 1. The van der Waals surface area contributed by atoms with Crippen LogP contribution in [0.4, 0.5) is 36.2 Å². The molecular formula is C43H44F3N9O4S. The Morgan fingerprint density at radius 3 is 2.33 bits per heavy atom. The van der Waals surface area contributed by atoms with Gasteiger partial charge < -0.3 is 20.3 Å². The largest absolute Gasteiger partial charge is 0.494 e. The van der Waals surface area contributed by atoms with Gasteiger partial charge in [-0.3, -0.25) is 19.0 Å². The summed E-state index contributed by atoms with van der Waals surface area (Å²) in [6.07, 6.45) is 6.56. The van der Waals surface area contributed by atoms with Crippen LogP contribution in [-0.4, -0.2) is 114 Å². The number of amides is 1. The number of nitrogens with zero attached hydrogens (tertiary/aromatic N) is 7. The number of rotatable bonds is 12. The number of sulfone groups is 1. The van der Waals surface area contributed by atoms with E-state index in [-0.39, 0.29) is 22.9 Å². The Hall–Kier alpha value is -6.04. The van der Waals surface area contributed by atoms with Crippen molar-refractivity contribution in [2.75, 3.05) is 80.5 Å². The lowest BCUT2D eigenvalue weighted by molar-refractivity contribution is 0.0882. The normalized spacial score (nSPS) is 15.7. The third kappa shape index (κ3) is 8.92. The standard InChI is InChI=1S/C43H44F3N9O4S/c1-59-37-27-31(53-18-14-30(15-19-53)54-22-20-52(21-23-54)24-25-60(2,57)58)11-12-35(37)48-43-47-16-13-36(49-43)40-38(50-41-34(46)10-5-17-55(40)41)28-6-3-7-29(26-28)42(56)51-39-32(44)8-4-9-33(39)45/h3-13,16-17,26-27,30H,14-15,18-25H2,1-2H3,(H,51,56)(H,47,48,49). The third-order valence-corrected chi connectivity index (χ3v) is 12.0. The van der Waals surface area contributed by atoms with Gasteiger partial charge in [0.1, 0.15) is 32.9 Å². The Kier molecular flexibility index (Phi) is 11.7. The maximum atomic E-state index is 15.2. The van der Waals surface area contributed by atoms with Gasteiger partial charge in [-0.2, -0.15) is 0 Å². The van der Waals surface area contributed by atoms with E-state index in [0.717, 1.165) is 69.9 Å². The minimum absolute atomic E-state index is 0.0321. The molecule has 13 nitrogen and oxygen atoms in total. The zero-order valence-electron chi connectivity index (χ0n) is 33.1. The highest BCUT2D eigenvalue weighted by molar-refractivity contribution is 7.90. The van der Waals surface area contributed by atoms with E-state index < -0.39 is 38.9 Å². The molecule has 0 unspecified atom stereocenters. The number of piperidine rings is 1. The molecule has 60 heavy (non-hydrogen) atoms. The van der Waals surface area contributed by atoms with Crippen molar-refractivity contribution in [3.63, 3.8) is 0 Å². The van der Waals surface area contributed by atoms with Gasteiger partial charge in [-0.25, -0.2) is 36.5 Å². The van der Waals surface area contributed by atoms with Gasteiger partial charge in [0.2, 0.25) is 5.95 Å². The van der Waals surface area contributed by atoms with Gasteiger partial charge in [0, 0.05) is 93.4 Å². The highest BCUT2D eigenvalue weighted by Gasteiger charge is 2.28. The Bertz CT molecular complexity index is 2630. The summed E-state index contributed by atoms with van der Waals surface area (Å²) in [5, 5.41) is 5.58. The van der Waals surface area contributed by atoms with Crippen molar-refractivity contribution in [2.45, 2.75) is 18.9 Å². The molecule has 3 aromatic heterocycles. The number of nitrogens with one attached hydrogen (secondary N) is 2. The van der Waals surface area contributed by atoms with Crippen molar-refractivity contribution in [3.8, 4) is 28.4 Å². The Labute approximate surface area is 345 Å². The second-order valence-corrected chi connectivity index (χ2v) is 17.3. The van der Waals surface area contributed by atoms with Crippen LogP contribution in [0, 0.1) is 17.5 Å². The number of para-hydroxylation sites is 1. The number of anilines is 4. The summed E-state index contributed by atoms with van der Waals surface area (Å²) in [5.74, 6) is -2.11. The van der Waals surface area contributed by atoms with Crippen molar-refractivity contribution in [1.82, 2.24) is 29.2 Å². The number of carbonyl (C=O) groups is 1. The zero-order chi connectivity index (χ0) is 42.0. The topological polar surface area (TPSA) is 137 Å². The lowest BCUT2D eigenvalue weighted by Gasteiger charge is -2.43. The fraction of sp³-hybridized carbons (Fsp3) is 0.302. The predicted octanol–water partition coefficient (Wildman–Crippen LogP) is 6.51. The summed E-state index contributed by atoms with van der Waals surface area (Å²) < 4.78 is 74.5. The SMILES string of the molecule is COc1cc(N2CCC(N3CCN(CCS(C)(=O)=O)CC3)CC2)ccc1Nc1nccc(-c2c(-c3cccc(C(=O)Nc4c(F)cccc4F)c3)nc3c(F)cccn23)n1. The summed E-state index contributed by atoms with van der Waals surface area (Å²) in [4.78, 5) is 34.2. The highest BCUT2D eigenvalue weighted by Crippen LogP contribution is 2.36. The number of benzene rings is 3. The summed E-state index contributed by atoms with van der Waals surface area (Å²) >= 11 is 0. The molecule has 0 saturated carbocycles. The molecule has 2 N–H and O–H groups in total. The highest BCUT2D eigenvalue weighted by atomic mass is 32.2. The Balaban J connectivity index is 0.986. The van der Waals surface area contributed by atoms with E-state index in [1.165, 1.54) is 30.5 Å². The monoisotopic (exact) mass is 839 g/mol. The number of aromatic nitrogens is 4. The van der Waals surface area contributed by atoms with Gasteiger partial charge in [-0.1, -0.05) is 18.2 Å². The smallest absolute Gasteiger partial charge is 0.255 e. The quantitative estimate of drug-likeness (QED) is 0.140. The molecule has 5 heterocycles. The van der Waals surface area contributed by atoms with E-state index in [0.29, 0.717) is 46.7 Å². The average molecular weight is 840 g/mol. The number of fused-ring (bicyclic) bond motifs is 1. The van der Waals surface area contributed by atoms with Crippen LogP contribution in [-0.2, 0) is 9.84 Å². The first kappa shape index (κ1) is 40.7. The molecule has 2 fully saturated rings. The van der Waals surface area contributed by atoms with Gasteiger partial charge in [0.25, 0.3) is 5.91 Å². The number of carbonyl (C=O) groups excluding carboxylic acids is 1. The molecule has 0 atom stereocenters. The molecule has 2 saturated heterocycles. The van der Waals surface area contributed by atoms with E-state index >= 15 is 4.39 Å². The minimum atomic E-state index is -2.97. The maximum absolute atomic E-state index is 15.2. The lowest BCUT2D eigenvalue weighted by Crippen LogP contribution is -2.53. The number of imidazole rings is 1. The van der Waals surface area contributed by atoms with Crippen LogP contribution in [0.3, 0.4) is 0 Å². The van der Waals surface area contributed by atoms with Crippen molar-refractivity contribution in [2.24, 2.45) is 0 Å². The molecule has 0 spiro atoms. The van der Waals surface area contributed by atoms with Crippen LogP contribution < -0.4 is 20.3 Å². The lowest BCUT2D eigenvalue weighted by atomic mass is 10.0. The van der Waals surface area contributed by atoms with Crippen LogP contribution in [0.5, 0.6) is 5.75 Å². The van der Waals surface area contributed by atoms with Gasteiger partial charge >= 0.3 is 0 Å². The fourth-order valence-electron chi connectivity index (χ4n) is 7.88. The van der Waals surface area contributed by atoms with Crippen molar-refractivity contribution in [1.29, 1.82) is 0 Å². The molecule has 2 aliphatic rings. The second-order valence-electron chi connectivity index (χ2n) is 15.0. The number of hydrogen-bond acceptors (Lipinski definition) is 11. The molecule has 8 rings (SSSR count). The molecule has 6 aromatic rings. The molecule has 0 aliphatic carbocycles. The first-order chi connectivity index (χ1) is 28.9. The molecular weight excluding hydrogens is 796 g/mol. The minimum Gasteiger partial charge on any atom is -0.494 e. The van der Waals surface area contributed by atoms with Gasteiger partial charge in [-0.15, -0.1) is 0 Å². The summed E-state index contributed by atoms with van der Waals surface area (Å²) in [5.41, 5.74) is 2.81. The summed E-state index contributed by atoms with van der Waals surface area (Å²) in [6.45, 7) is 6.00. The van der Waals surface area contributed by atoms with E-state index in [1.807, 2.05) is 18.2 Å². The predicted molar refractivity (Wildman–Crippen MR) is 225 cm³/mol. The van der Waals surface area contributed by atoms with Gasteiger partial charge in [-0.05, 0) is 67.4 Å². The van der Waals surface area contributed by atoms with Crippen molar-refractivity contribution in [3.05, 3.63) is 114 Å². The average Bonchev–Trinajstić information content (AvgIpc) is 3.66. The Morgan fingerprint density at radius 2 is 1.60 bits per heavy atom. The molecule has 17 heteroatoms. The van der Waals surface area contributed by atoms with Crippen LogP contribution >= 0.6 is 0 Å². The molecule has 1 amide bonds. The van der Waals surface area contributed by atoms with E-state index in [9.17, 15) is 22.0 Å². The zero-order valence-corrected chi connectivity index (χ0v) is 33.9. The van der Waals surface area contributed by atoms with Crippen LogP contribution in [0.2, 0.25) is 0 Å². The summed E-state index contributed by atoms with van der Waals surface area (Å²) in [7, 11) is -1.37. The van der Waals surface area contributed by atoms with E-state index in [1.54, 1.807) is 48.2 Å². The number of halogens is 3. The van der Waals surface area contributed by atoms with E-state index in [4.69, 9.17) is 9.72 Å². The Morgan fingerprint density at radius 1 is 0.867 bits per heavy atom. The number of hydrogen-bond donors (Lipinski definition) is 2. The first-order valence-corrected chi connectivity index (χ1v) is 21.7. The molecule has 0 radical (unpaired) electrons. The second kappa shape index (κ2) is 17.3. The number of ether oxygens (including phenoxy) is 1. The van der Waals surface area contributed by atoms with Crippen LogP contribution in [0.25, 0.3) is 28.3 Å². The molecule has 0 bridgehead atoms. The maximum Gasteiger partial charge on any atom is 0.255 e. The van der Waals surface area contributed by atoms with Gasteiger partial charge in [0.05, 0.1) is 35.6 Å². The van der Waals surface area contributed by atoms with E-state index in [2.05, 4.69) is 35.3 Å². The van der Waals surface area contributed by atoms with Crippen molar-refractivity contribution < 1.29 is 31.1 Å². The molecule has 3 aromatic carbocycles. The van der Waals surface area contributed by atoms with Crippen molar-refractivity contribution >= 4 is 44.4 Å². The number of methoxy groups -OCH3 is 1.